The maximum Gasteiger partial charge on any atom is 0.408 e. The van der Waals surface area contributed by atoms with E-state index in [-0.39, 0.29) is 11.8 Å². The number of fused-ring (bicyclic) bond motifs is 1. The molecule has 3 amide bonds. The molecule has 0 saturated carbocycles. The van der Waals surface area contributed by atoms with Gasteiger partial charge in [0.15, 0.2) is 0 Å². The summed E-state index contributed by atoms with van der Waals surface area (Å²) in [6, 6.07) is 19.6. The van der Waals surface area contributed by atoms with E-state index in [1.165, 1.54) is 0 Å². The Balaban J connectivity index is 1.95. The van der Waals surface area contributed by atoms with E-state index in [2.05, 4.69) is 17.6 Å². The molecule has 220 valence electrons. The van der Waals surface area contributed by atoms with Gasteiger partial charge in [0.25, 0.3) is 5.91 Å². The van der Waals surface area contributed by atoms with Crippen LogP contribution >= 0.6 is 0 Å². The number of anilines is 1. The van der Waals surface area contributed by atoms with Crippen LogP contribution in [0, 0.1) is 6.92 Å². The number of nitrogens with one attached hydrogen (secondary N) is 2. The molecule has 7 nitrogen and oxygen atoms in total. The van der Waals surface area contributed by atoms with Crippen molar-refractivity contribution in [1.29, 1.82) is 0 Å². The van der Waals surface area contributed by atoms with E-state index in [1.54, 1.807) is 32.6 Å². The average molecular weight is 560 g/mol. The van der Waals surface area contributed by atoms with Crippen LogP contribution in [0.2, 0.25) is 0 Å². The van der Waals surface area contributed by atoms with Crippen LogP contribution in [0.25, 0.3) is 10.8 Å². The molecule has 0 heterocycles. The molecule has 41 heavy (non-hydrogen) atoms. The summed E-state index contributed by atoms with van der Waals surface area (Å²) in [7, 11) is 0. The first-order chi connectivity index (χ1) is 19.5. The molecule has 2 unspecified atom stereocenters. The molecule has 0 aromatic heterocycles. The first-order valence-electron chi connectivity index (χ1n) is 14.7. The largest absolute Gasteiger partial charge is 0.444 e. The lowest BCUT2D eigenvalue weighted by molar-refractivity contribution is -0.140. The highest BCUT2D eigenvalue weighted by atomic mass is 16.6. The standard InChI is InChI=1S/C34H45N3O4/c1-7-8-9-10-15-22-37(32(39)25(3)35-33(40)41-34(4,5)6)30(29-19-14-11-16-24(29)2)31(38)36-28-21-20-26-17-12-13-18-27(26)23-28/h11-14,16-21,23,25,30H,7-10,15,22H2,1-6H3,(H,35,40)(H,36,38). The van der Waals surface area contributed by atoms with Crippen LogP contribution in [0.4, 0.5) is 10.5 Å². The summed E-state index contributed by atoms with van der Waals surface area (Å²) >= 11 is 0. The highest BCUT2D eigenvalue weighted by Gasteiger charge is 2.35. The first-order valence-corrected chi connectivity index (χ1v) is 14.7. The molecule has 0 fully saturated rings. The number of carbonyl (C=O) groups excluding carboxylic acids is 3. The average Bonchev–Trinajstić information content (AvgIpc) is 2.91. The van der Waals surface area contributed by atoms with Crippen molar-refractivity contribution in [3.8, 4) is 0 Å². The molecule has 7 heteroatoms. The maximum atomic E-state index is 14.1. The second-order valence-electron chi connectivity index (χ2n) is 11.6. The summed E-state index contributed by atoms with van der Waals surface area (Å²) in [5.74, 6) is -0.644. The number of benzene rings is 3. The third kappa shape index (κ3) is 9.34. The number of alkyl carbamates (subject to hydrolysis) is 1. The van der Waals surface area contributed by atoms with Gasteiger partial charge in [0, 0.05) is 12.2 Å². The van der Waals surface area contributed by atoms with Gasteiger partial charge in [-0.2, -0.15) is 0 Å². The second-order valence-corrected chi connectivity index (χ2v) is 11.6. The number of hydrogen-bond acceptors (Lipinski definition) is 4. The Morgan fingerprint density at radius 3 is 2.22 bits per heavy atom. The fraction of sp³-hybridized carbons (Fsp3) is 0.441. The summed E-state index contributed by atoms with van der Waals surface area (Å²) in [5.41, 5.74) is 1.61. The van der Waals surface area contributed by atoms with E-state index < -0.39 is 23.8 Å². The molecule has 3 rings (SSSR count). The lowest BCUT2D eigenvalue weighted by atomic mass is 9.97. The fourth-order valence-electron chi connectivity index (χ4n) is 4.87. The highest BCUT2D eigenvalue weighted by molar-refractivity contribution is 6.00. The number of ether oxygens (including phenoxy) is 1. The second kappa shape index (κ2) is 14.7. The minimum absolute atomic E-state index is 0.305. The Morgan fingerprint density at radius 1 is 0.878 bits per heavy atom. The number of amides is 3. The molecule has 0 aliphatic rings. The minimum Gasteiger partial charge on any atom is -0.444 e. The SMILES string of the molecule is CCCCCCCN(C(=O)C(C)NC(=O)OC(C)(C)C)C(C(=O)Nc1ccc2ccccc2c1)c1ccccc1C. The molecule has 0 spiro atoms. The Labute approximate surface area is 244 Å². The molecule has 3 aromatic carbocycles. The zero-order valence-electron chi connectivity index (χ0n) is 25.3. The minimum atomic E-state index is -0.888. The summed E-state index contributed by atoms with van der Waals surface area (Å²) in [6.07, 6.45) is 4.31. The van der Waals surface area contributed by atoms with Gasteiger partial charge in [0.1, 0.15) is 17.7 Å². The molecule has 3 aromatic rings. The number of aryl methyl sites for hydroxylation is 1. The van der Waals surface area contributed by atoms with Crippen LogP contribution in [-0.2, 0) is 14.3 Å². The first kappa shape index (κ1) is 31.7. The van der Waals surface area contributed by atoms with Gasteiger partial charge in [0.2, 0.25) is 5.91 Å². The summed E-state index contributed by atoms with van der Waals surface area (Å²) in [4.78, 5) is 42.2. The molecule has 0 aliphatic heterocycles. The van der Waals surface area contributed by atoms with Gasteiger partial charge in [-0.25, -0.2) is 4.79 Å². The van der Waals surface area contributed by atoms with E-state index in [0.29, 0.717) is 12.2 Å². The predicted octanol–water partition coefficient (Wildman–Crippen LogP) is 7.54. The van der Waals surface area contributed by atoms with Crippen molar-refractivity contribution in [3.05, 3.63) is 77.9 Å². The Morgan fingerprint density at radius 2 is 1.54 bits per heavy atom. The zero-order chi connectivity index (χ0) is 30.0. The van der Waals surface area contributed by atoms with Gasteiger partial charge in [-0.05, 0) is 75.1 Å². The Hall–Kier alpha value is -3.87. The lowest BCUT2D eigenvalue weighted by Crippen LogP contribution is -2.51. The van der Waals surface area contributed by atoms with Crippen molar-refractivity contribution < 1.29 is 19.1 Å². The molecule has 0 bridgehead atoms. The van der Waals surface area contributed by atoms with Crippen LogP contribution in [0.3, 0.4) is 0 Å². The van der Waals surface area contributed by atoms with Crippen LogP contribution in [0.1, 0.15) is 83.9 Å². The smallest absolute Gasteiger partial charge is 0.408 e. The van der Waals surface area contributed by atoms with Crippen LogP contribution < -0.4 is 10.6 Å². The third-order valence-corrected chi connectivity index (χ3v) is 6.95. The van der Waals surface area contributed by atoms with Crippen LogP contribution in [0.15, 0.2) is 66.7 Å². The quantitative estimate of drug-likeness (QED) is 0.224. The number of nitrogens with zero attached hydrogens (tertiary/aromatic N) is 1. The van der Waals surface area contributed by atoms with Gasteiger partial charge < -0.3 is 20.3 Å². The third-order valence-electron chi connectivity index (χ3n) is 6.95. The van der Waals surface area contributed by atoms with Gasteiger partial charge in [-0.1, -0.05) is 87.2 Å². The Bertz CT molecular complexity index is 1330. The summed E-state index contributed by atoms with van der Waals surface area (Å²) < 4.78 is 5.39. The summed E-state index contributed by atoms with van der Waals surface area (Å²) in [5, 5.41) is 7.83. The highest BCUT2D eigenvalue weighted by Crippen LogP contribution is 2.28. The van der Waals surface area contributed by atoms with Crippen molar-refractivity contribution in [2.45, 2.75) is 91.3 Å². The van der Waals surface area contributed by atoms with Crippen molar-refractivity contribution in [1.82, 2.24) is 10.2 Å². The summed E-state index contributed by atoms with van der Waals surface area (Å²) in [6.45, 7) is 11.4. The number of carbonyl (C=O) groups is 3. The molecule has 2 N–H and O–H groups in total. The number of rotatable bonds is 12. The van der Waals surface area contributed by atoms with Gasteiger partial charge in [-0.3, -0.25) is 9.59 Å². The van der Waals surface area contributed by atoms with Crippen molar-refractivity contribution in [2.24, 2.45) is 0 Å². The molecular formula is C34H45N3O4. The molecule has 0 radical (unpaired) electrons. The predicted molar refractivity (Wildman–Crippen MR) is 166 cm³/mol. The lowest BCUT2D eigenvalue weighted by Gasteiger charge is -2.34. The van der Waals surface area contributed by atoms with E-state index in [9.17, 15) is 14.4 Å². The van der Waals surface area contributed by atoms with Crippen LogP contribution in [0.5, 0.6) is 0 Å². The van der Waals surface area contributed by atoms with E-state index in [4.69, 9.17) is 4.74 Å². The van der Waals surface area contributed by atoms with E-state index in [0.717, 1.165) is 54.0 Å². The number of unbranched alkanes of at least 4 members (excludes halogenated alkanes) is 4. The molecule has 0 aliphatic carbocycles. The van der Waals surface area contributed by atoms with Crippen molar-refractivity contribution >= 4 is 34.4 Å². The number of hydrogen-bond donors (Lipinski definition) is 2. The van der Waals surface area contributed by atoms with Crippen LogP contribution in [-0.4, -0.2) is 41.0 Å². The topological polar surface area (TPSA) is 87.7 Å². The van der Waals surface area contributed by atoms with Crippen molar-refractivity contribution in [2.75, 3.05) is 11.9 Å². The Kier molecular flexibility index (Phi) is 11.3. The van der Waals surface area contributed by atoms with Gasteiger partial charge in [0.05, 0.1) is 0 Å². The fourth-order valence-corrected chi connectivity index (χ4v) is 4.87. The molecular weight excluding hydrogens is 514 g/mol. The van der Waals surface area contributed by atoms with Gasteiger partial charge >= 0.3 is 6.09 Å². The van der Waals surface area contributed by atoms with E-state index >= 15 is 0 Å². The van der Waals surface area contributed by atoms with Gasteiger partial charge in [-0.15, -0.1) is 0 Å². The molecule has 2 atom stereocenters. The monoisotopic (exact) mass is 559 g/mol. The van der Waals surface area contributed by atoms with Crippen molar-refractivity contribution in [3.63, 3.8) is 0 Å². The maximum absolute atomic E-state index is 14.1. The normalized spacial score (nSPS) is 12.8. The van der Waals surface area contributed by atoms with E-state index in [1.807, 2.05) is 73.7 Å². The molecule has 0 saturated heterocycles. The zero-order valence-corrected chi connectivity index (χ0v) is 25.3.